The molecule has 1 aromatic heterocycles. The predicted octanol–water partition coefficient (Wildman–Crippen LogP) is 4.01. The smallest absolute Gasteiger partial charge is 0.271 e. The number of ether oxygens (including phenoxy) is 2. The fourth-order valence-electron chi connectivity index (χ4n) is 3.41. The van der Waals surface area contributed by atoms with Gasteiger partial charge in [0, 0.05) is 17.7 Å². The Hall–Kier alpha value is -4.40. The second-order valence-electron chi connectivity index (χ2n) is 6.97. The summed E-state index contributed by atoms with van der Waals surface area (Å²) < 4.78 is 10.5. The van der Waals surface area contributed by atoms with Crippen molar-refractivity contribution in [2.45, 2.75) is 6.04 Å². The van der Waals surface area contributed by atoms with E-state index in [2.05, 4.69) is 15.3 Å². The molecule has 0 spiro atoms. The summed E-state index contributed by atoms with van der Waals surface area (Å²) >= 11 is 0. The Labute approximate surface area is 183 Å². The molecular weight excluding hydrogens is 412 g/mol. The van der Waals surface area contributed by atoms with Crippen LogP contribution < -0.4 is 14.8 Å². The topological polar surface area (TPSA) is 119 Å². The molecule has 0 aliphatic heterocycles. The van der Waals surface area contributed by atoms with Crippen LogP contribution in [-0.4, -0.2) is 35.0 Å². The molecule has 0 radical (unpaired) electrons. The second-order valence-corrected chi connectivity index (χ2v) is 6.97. The summed E-state index contributed by atoms with van der Waals surface area (Å²) in [5.74, 6) is 1.07. The molecule has 1 unspecified atom stereocenters. The van der Waals surface area contributed by atoms with Crippen LogP contribution in [0.2, 0.25) is 0 Å². The Morgan fingerprint density at radius 3 is 2.47 bits per heavy atom. The van der Waals surface area contributed by atoms with Crippen LogP contribution in [0, 0.1) is 10.1 Å². The third kappa shape index (κ3) is 4.08. The number of imidazole rings is 1. The lowest BCUT2D eigenvalue weighted by Gasteiger charge is -2.18. The molecule has 4 aromatic rings. The number of nitrogens with zero attached hydrogens (tertiary/aromatic N) is 2. The molecule has 0 saturated carbocycles. The Kier molecular flexibility index (Phi) is 5.71. The van der Waals surface area contributed by atoms with Crippen LogP contribution in [0.4, 0.5) is 5.69 Å². The van der Waals surface area contributed by atoms with Crippen molar-refractivity contribution < 1.29 is 19.2 Å². The van der Waals surface area contributed by atoms with Gasteiger partial charge in [-0.05, 0) is 29.8 Å². The lowest BCUT2D eigenvalue weighted by molar-refractivity contribution is -0.384. The zero-order chi connectivity index (χ0) is 22.7. The number of nitro groups is 1. The second kappa shape index (κ2) is 8.76. The molecule has 1 heterocycles. The van der Waals surface area contributed by atoms with Crippen molar-refractivity contribution in [3.05, 3.63) is 93.8 Å². The number of fused-ring (bicyclic) bond motifs is 1. The van der Waals surface area contributed by atoms with Crippen LogP contribution in [-0.2, 0) is 0 Å². The van der Waals surface area contributed by atoms with Gasteiger partial charge in [-0.15, -0.1) is 0 Å². The summed E-state index contributed by atoms with van der Waals surface area (Å²) in [6.45, 7) is 0. The molecule has 2 N–H and O–H groups in total. The normalized spacial score (nSPS) is 11.7. The van der Waals surface area contributed by atoms with Gasteiger partial charge in [-0.2, -0.15) is 0 Å². The van der Waals surface area contributed by atoms with E-state index in [4.69, 9.17) is 9.47 Å². The van der Waals surface area contributed by atoms with E-state index in [-0.39, 0.29) is 11.6 Å². The van der Waals surface area contributed by atoms with E-state index < -0.39 is 11.0 Å². The standard InChI is InChI=1S/C23H20N4O5/c1-31-19-11-8-15(12-20(19)32-2)23(28)26-21(14-6-4-3-5-7-14)22-24-17-10-9-16(27(29)30)13-18(17)25-22/h3-13,21H,1-2H3,(H,24,25)(H,26,28). The molecule has 9 nitrogen and oxygen atoms in total. The van der Waals surface area contributed by atoms with E-state index in [0.29, 0.717) is 33.9 Å². The molecule has 0 fully saturated rings. The molecule has 9 heteroatoms. The number of H-pyrrole nitrogens is 1. The SMILES string of the molecule is COc1ccc(C(=O)NC(c2ccccc2)c2nc3ccc([N+](=O)[O-])cc3[nH]2)cc1OC. The Bertz CT molecular complexity index is 1290. The summed E-state index contributed by atoms with van der Waals surface area (Å²) in [5, 5.41) is 14.1. The minimum absolute atomic E-state index is 0.0432. The first-order valence-electron chi connectivity index (χ1n) is 9.72. The number of carbonyl (C=O) groups excluding carboxylic acids is 1. The molecule has 1 amide bonds. The number of amides is 1. The third-order valence-electron chi connectivity index (χ3n) is 5.02. The first-order valence-corrected chi connectivity index (χ1v) is 9.72. The van der Waals surface area contributed by atoms with E-state index in [0.717, 1.165) is 5.56 Å². The number of hydrogen-bond donors (Lipinski definition) is 2. The van der Waals surface area contributed by atoms with Crippen LogP contribution in [0.3, 0.4) is 0 Å². The zero-order valence-corrected chi connectivity index (χ0v) is 17.4. The average molecular weight is 432 g/mol. The highest BCUT2D eigenvalue weighted by molar-refractivity contribution is 5.95. The van der Waals surface area contributed by atoms with Crippen LogP contribution >= 0.6 is 0 Å². The number of aromatic amines is 1. The van der Waals surface area contributed by atoms with Crippen molar-refractivity contribution in [2.24, 2.45) is 0 Å². The largest absolute Gasteiger partial charge is 0.493 e. The zero-order valence-electron chi connectivity index (χ0n) is 17.4. The van der Waals surface area contributed by atoms with Crippen molar-refractivity contribution in [2.75, 3.05) is 14.2 Å². The number of carbonyl (C=O) groups is 1. The molecule has 0 saturated heterocycles. The fourth-order valence-corrected chi connectivity index (χ4v) is 3.41. The quantitative estimate of drug-likeness (QED) is 0.336. The van der Waals surface area contributed by atoms with Gasteiger partial charge in [0.25, 0.3) is 11.6 Å². The first-order chi connectivity index (χ1) is 15.5. The Morgan fingerprint density at radius 1 is 1.03 bits per heavy atom. The van der Waals surface area contributed by atoms with Crippen molar-refractivity contribution in [1.29, 1.82) is 0 Å². The highest BCUT2D eigenvalue weighted by atomic mass is 16.6. The van der Waals surface area contributed by atoms with Gasteiger partial charge in [0.15, 0.2) is 11.5 Å². The molecule has 0 aliphatic carbocycles. The monoisotopic (exact) mass is 432 g/mol. The van der Waals surface area contributed by atoms with Gasteiger partial charge >= 0.3 is 0 Å². The number of aromatic nitrogens is 2. The van der Waals surface area contributed by atoms with Crippen molar-refractivity contribution in [1.82, 2.24) is 15.3 Å². The summed E-state index contributed by atoms with van der Waals surface area (Å²) in [6.07, 6.45) is 0. The van der Waals surface area contributed by atoms with Gasteiger partial charge in [0.05, 0.1) is 30.2 Å². The number of methoxy groups -OCH3 is 2. The molecule has 0 bridgehead atoms. The lowest BCUT2D eigenvalue weighted by Crippen LogP contribution is -2.30. The summed E-state index contributed by atoms with van der Waals surface area (Å²) in [4.78, 5) is 31.4. The molecule has 1 atom stereocenters. The molecule has 32 heavy (non-hydrogen) atoms. The average Bonchev–Trinajstić information content (AvgIpc) is 3.25. The highest BCUT2D eigenvalue weighted by Gasteiger charge is 2.22. The summed E-state index contributed by atoms with van der Waals surface area (Å²) in [5.41, 5.74) is 2.21. The van der Waals surface area contributed by atoms with E-state index in [1.807, 2.05) is 30.3 Å². The molecule has 0 aliphatic rings. The Morgan fingerprint density at radius 2 is 1.78 bits per heavy atom. The summed E-state index contributed by atoms with van der Waals surface area (Å²) in [6, 6.07) is 18.0. The highest BCUT2D eigenvalue weighted by Crippen LogP contribution is 2.29. The minimum Gasteiger partial charge on any atom is -0.493 e. The number of nitrogens with one attached hydrogen (secondary N) is 2. The van der Waals surface area contributed by atoms with Crippen LogP contribution in [0.25, 0.3) is 11.0 Å². The van der Waals surface area contributed by atoms with Gasteiger partial charge in [0.1, 0.15) is 11.9 Å². The van der Waals surface area contributed by atoms with Crippen molar-refractivity contribution in [3.8, 4) is 11.5 Å². The van der Waals surface area contributed by atoms with Crippen LogP contribution in [0.5, 0.6) is 11.5 Å². The van der Waals surface area contributed by atoms with Gasteiger partial charge in [-0.3, -0.25) is 14.9 Å². The Balaban J connectivity index is 1.71. The van der Waals surface area contributed by atoms with Gasteiger partial charge in [0.2, 0.25) is 0 Å². The number of rotatable bonds is 7. The van der Waals surface area contributed by atoms with Gasteiger partial charge in [-0.25, -0.2) is 4.98 Å². The maximum Gasteiger partial charge on any atom is 0.271 e. The number of benzene rings is 3. The van der Waals surface area contributed by atoms with E-state index >= 15 is 0 Å². The van der Waals surface area contributed by atoms with Crippen molar-refractivity contribution in [3.63, 3.8) is 0 Å². The van der Waals surface area contributed by atoms with Gasteiger partial charge in [-0.1, -0.05) is 30.3 Å². The van der Waals surface area contributed by atoms with Crippen LogP contribution in [0.1, 0.15) is 27.8 Å². The maximum atomic E-state index is 13.1. The number of hydrogen-bond acceptors (Lipinski definition) is 6. The van der Waals surface area contributed by atoms with Crippen molar-refractivity contribution >= 4 is 22.6 Å². The fraction of sp³-hybridized carbons (Fsp3) is 0.130. The molecule has 3 aromatic carbocycles. The summed E-state index contributed by atoms with van der Waals surface area (Å²) in [7, 11) is 3.02. The number of nitro benzene ring substituents is 1. The third-order valence-corrected chi connectivity index (χ3v) is 5.02. The molecule has 4 rings (SSSR count). The molecule has 162 valence electrons. The van der Waals surface area contributed by atoms with E-state index in [1.165, 1.54) is 26.4 Å². The van der Waals surface area contributed by atoms with E-state index in [9.17, 15) is 14.9 Å². The van der Waals surface area contributed by atoms with Gasteiger partial charge < -0.3 is 19.8 Å². The van der Waals surface area contributed by atoms with E-state index in [1.54, 1.807) is 24.3 Å². The predicted molar refractivity (Wildman–Crippen MR) is 118 cm³/mol. The number of non-ortho nitro benzene ring substituents is 1. The lowest BCUT2D eigenvalue weighted by atomic mass is 10.1. The maximum absolute atomic E-state index is 13.1. The molecular formula is C23H20N4O5. The minimum atomic E-state index is -0.608. The first kappa shape index (κ1) is 20.9. The van der Waals surface area contributed by atoms with Crippen LogP contribution in [0.15, 0.2) is 66.7 Å².